The van der Waals surface area contributed by atoms with E-state index in [9.17, 15) is 19.5 Å². The standard InChI is InChI=1S/C27H42N2O6/c1-7-10-15-28(14-9-3)24(32)22-27-13-12-26(6,35-27)21(25(33)34-16-11-8-2)20(27)23(31)29(22)19(17-30)18(4)5/h8-9,18-22,30H,2-3,7,10-17H2,1,4-6H3/t19-,20-,21+,22?,26-,27?/m0/s1. The van der Waals surface area contributed by atoms with Crippen LogP contribution >= 0.6 is 0 Å². The minimum Gasteiger partial charge on any atom is -0.465 e. The molecule has 3 aliphatic heterocycles. The summed E-state index contributed by atoms with van der Waals surface area (Å²) in [5, 5.41) is 10.3. The number of aliphatic hydroxyl groups is 1. The fourth-order valence-corrected chi connectivity index (χ4v) is 6.28. The first-order valence-electron chi connectivity index (χ1n) is 12.9. The SMILES string of the molecule is C=CCCOC(=O)[C@H]1[C@H]2C(=O)N([C@@H](CO)C(C)C)C(C(=O)N(CC=C)CCCC)C23CC[C@]1(C)O3. The maximum Gasteiger partial charge on any atom is 0.312 e. The highest BCUT2D eigenvalue weighted by Gasteiger charge is 2.79. The number of aliphatic hydroxyl groups excluding tert-OH is 1. The predicted octanol–water partition coefficient (Wildman–Crippen LogP) is 2.70. The Hall–Kier alpha value is -2.19. The van der Waals surface area contributed by atoms with Crippen molar-refractivity contribution in [3.63, 3.8) is 0 Å². The van der Waals surface area contributed by atoms with Crippen LogP contribution in [0.15, 0.2) is 25.3 Å². The minimum atomic E-state index is -1.13. The van der Waals surface area contributed by atoms with Gasteiger partial charge >= 0.3 is 5.97 Å². The third-order valence-electron chi connectivity index (χ3n) is 8.03. The van der Waals surface area contributed by atoms with Gasteiger partial charge in [0.1, 0.15) is 17.6 Å². The van der Waals surface area contributed by atoms with Gasteiger partial charge in [0.15, 0.2) is 0 Å². The fraction of sp³-hybridized carbons (Fsp3) is 0.741. The molecule has 1 spiro atoms. The van der Waals surface area contributed by atoms with Gasteiger partial charge in [0, 0.05) is 13.1 Å². The summed E-state index contributed by atoms with van der Waals surface area (Å²) < 4.78 is 12.1. The average molecular weight is 491 g/mol. The first kappa shape index (κ1) is 27.4. The van der Waals surface area contributed by atoms with E-state index in [1.807, 2.05) is 20.8 Å². The molecule has 2 unspecified atom stereocenters. The number of unbranched alkanes of at least 4 members (excludes halogenated alkanes) is 1. The molecule has 35 heavy (non-hydrogen) atoms. The zero-order valence-electron chi connectivity index (χ0n) is 21.7. The summed E-state index contributed by atoms with van der Waals surface area (Å²) >= 11 is 0. The molecule has 8 nitrogen and oxygen atoms in total. The van der Waals surface area contributed by atoms with Crippen LogP contribution in [0.3, 0.4) is 0 Å². The molecule has 0 aliphatic carbocycles. The second-order valence-corrected chi connectivity index (χ2v) is 10.6. The zero-order chi connectivity index (χ0) is 26.0. The molecule has 2 amide bonds. The number of rotatable bonds is 13. The van der Waals surface area contributed by atoms with E-state index in [4.69, 9.17) is 9.47 Å². The van der Waals surface area contributed by atoms with Gasteiger partial charge in [-0.3, -0.25) is 14.4 Å². The number of amides is 2. The lowest BCUT2D eigenvalue weighted by molar-refractivity contribution is -0.162. The molecule has 196 valence electrons. The van der Waals surface area contributed by atoms with Crippen LogP contribution in [0.4, 0.5) is 0 Å². The summed E-state index contributed by atoms with van der Waals surface area (Å²) in [6.45, 7) is 16.0. The molecule has 3 fully saturated rings. The van der Waals surface area contributed by atoms with Crippen LogP contribution < -0.4 is 0 Å². The van der Waals surface area contributed by atoms with Crippen molar-refractivity contribution in [1.82, 2.24) is 9.80 Å². The van der Waals surface area contributed by atoms with Crippen molar-refractivity contribution in [2.45, 2.75) is 83.1 Å². The molecule has 0 aromatic heterocycles. The maximum atomic E-state index is 14.2. The van der Waals surface area contributed by atoms with Crippen molar-refractivity contribution < 1.29 is 29.0 Å². The van der Waals surface area contributed by atoms with Gasteiger partial charge in [-0.15, -0.1) is 13.2 Å². The number of hydrogen-bond acceptors (Lipinski definition) is 6. The third-order valence-corrected chi connectivity index (χ3v) is 8.03. The van der Waals surface area contributed by atoms with E-state index in [1.165, 1.54) is 4.90 Å². The Kier molecular flexibility index (Phi) is 8.48. The van der Waals surface area contributed by atoms with Crippen LogP contribution in [0.1, 0.15) is 59.8 Å². The van der Waals surface area contributed by atoms with Gasteiger partial charge in [0.25, 0.3) is 0 Å². The van der Waals surface area contributed by atoms with Crippen molar-refractivity contribution in [2.75, 3.05) is 26.3 Å². The maximum absolute atomic E-state index is 14.2. The number of ether oxygens (including phenoxy) is 2. The molecule has 8 heteroatoms. The molecule has 0 aromatic carbocycles. The number of nitrogens with zero attached hydrogens (tertiary/aromatic N) is 2. The van der Waals surface area contributed by atoms with Gasteiger partial charge in [-0.05, 0) is 38.5 Å². The topological polar surface area (TPSA) is 96.4 Å². The first-order chi connectivity index (χ1) is 16.6. The molecule has 3 aliphatic rings. The van der Waals surface area contributed by atoms with Crippen LogP contribution in [0.2, 0.25) is 0 Å². The van der Waals surface area contributed by atoms with Gasteiger partial charge in [-0.25, -0.2) is 0 Å². The molecular formula is C27H42N2O6. The highest BCUT2D eigenvalue weighted by atomic mass is 16.6. The van der Waals surface area contributed by atoms with Crippen molar-refractivity contribution in [1.29, 1.82) is 0 Å². The van der Waals surface area contributed by atoms with E-state index in [0.29, 0.717) is 32.4 Å². The van der Waals surface area contributed by atoms with E-state index in [-0.39, 0.29) is 30.9 Å². The van der Waals surface area contributed by atoms with Gasteiger partial charge < -0.3 is 24.4 Å². The summed E-state index contributed by atoms with van der Waals surface area (Å²) in [6.07, 6.45) is 6.66. The largest absolute Gasteiger partial charge is 0.465 e. The number of carbonyl (C=O) groups is 3. The minimum absolute atomic E-state index is 0.0937. The number of likely N-dealkylation sites (tertiary alicyclic amines) is 1. The Bertz CT molecular complexity index is 844. The number of fused-ring (bicyclic) bond motifs is 1. The molecule has 2 bridgehead atoms. The van der Waals surface area contributed by atoms with E-state index >= 15 is 0 Å². The Morgan fingerprint density at radius 3 is 2.60 bits per heavy atom. The lowest BCUT2D eigenvalue weighted by Crippen LogP contribution is -2.59. The highest BCUT2D eigenvalue weighted by Crippen LogP contribution is 2.63. The quantitative estimate of drug-likeness (QED) is 0.242. The molecule has 3 saturated heterocycles. The van der Waals surface area contributed by atoms with Gasteiger partial charge in [0.2, 0.25) is 11.8 Å². The van der Waals surface area contributed by atoms with Gasteiger partial charge in [0.05, 0.1) is 30.8 Å². The molecule has 0 saturated carbocycles. The Balaban J connectivity index is 2.08. The molecule has 3 heterocycles. The molecule has 3 rings (SSSR count). The zero-order valence-corrected chi connectivity index (χ0v) is 21.7. The monoisotopic (exact) mass is 490 g/mol. The van der Waals surface area contributed by atoms with Crippen LogP contribution in [0.5, 0.6) is 0 Å². The molecule has 0 radical (unpaired) electrons. The Labute approximate surface area is 209 Å². The summed E-state index contributed by atoms with van der Waals surface area (Å²) in [7, 11) is 0. The molecule has 6 atom stereocenters. The third kappa shape index (κ3) is 4.55. The first-order valence-corrected chi connectivity index (χ1v) is 12.9. The lowest BCUT2D eigenvalue weighted by Gasteiger charge is -2.40. The van der Waals surface area contributed by atoms with Crippen LogP contribution in [-0.2, 0) is 23.9 Å². The second-order valence-electron chi connectivity index (χ2n) is 10.6. The van der Waals surface area contributed by atoms with Crippen molar-refractivity contribution >= 4 is 17.8 Å². The van der Waals surface area contributed by atoms with Gasteiger partial charge in [-0.2, -0.15) is 0 Å². The number of hydrogen-bond donors (Lipinski definition) is 1. The average Bonchev–Trinajstić information content (AvgIpc) is 3.38. The van der Waals surface area contributed by atoms with Crippen LogP contribution in [0.25, 0.3) is 0 Å². The Morgan fingerprint density at radius 2 is 2.03 bits per heavy atom. The second kappa shape index (κ2) is 10.8. The molecule has 1 N–H and O–H groups in total. The Morgan fingerprint density at radius 1 is 1.31 bits per heavy atom. The van der Waals surface area contributed by atoms with Crippen LogP contribution in [-0.4, -0.2) is 82.3 Å². The van der Waals surface area contributed by atoms with Crippen LogP contribution in [0, 0.1) is 17.8 Å². The summed E-state index contributed by atoms with van der Waals surface area (Å²) in [5.41, 5.74) is -2.01. The molecular weight excluding hydrogens is 448 g/mol. The van der Waals surface area contributed by atoms with E-state index in [2.05, 4.69) is 20.1 Å². The molecule has 0 aromatic rings. The normalized spacial score (nSPS) is 32.0. The number of esters is 1. The summed E-state index contributed by atoms with van der Waals surface area (Å²) in [6, 6.07) is -1.48. The van der Waals surface area contributed by atoms with E-state index in [0.717, 1.165) is 12.8 Å². The van der Waals surface area contributed by atoms with Gasteiger partial charge in [-0.1, -0.05) is 39.3 Å². The summed E-state index contributed by atoms with van der Waals surface area (Å²) in [4.78, 5) is 44.8. The highest BCUT2D eigenvalue weighted by molar-refractivity contribution is 5.98. The van der Waals surface area contributed by atoms with Crippen molar-refractivity contribution in [3.8, 4) is 0 Å². The number of carbonyl (C=O) groups excluding carboxylic acids is 3. The smallest absolute Gasteiger partial charge is 0.312 e. The van der Waals surface area contributed by atoms with E-state index in [1.54, 1.807) is 17.1 Å². The van der Waals surface area contributed by atoms with Crippen molar-refractivity contribution in [2.24, 2.45) is 17.8 Å². The van der Waals surface area contributed by atoms with Crippen molar-refractivity contribution in [3.05, 3.63) is 25.3 Å². The lowest BCUT2D eigenvalue weighted by atomic mass is 9.66. The van der Waals surface area contributed by atoms with E-state index < -0.39 is 41.1 Å². The predicted molar refractivity (Wildman–Crippen MR) is 132 cm³/mol. The fourth-order valence-electron chi connectivity index (χ4n) is 6.28. The summed E-state index contributed by atoms with van der Waals surface area (Å²) in [5.74, 6) is -2.71.